The molecule has 0 fully saturated rings. The predicted octanol–water partition coefficient (Wildman–Crippen LogP) is 5.80. The van der Waals surface area contributed by atoms with Gasteiger partial charge in [-0.2, -0.15) is 0 Å². The molecule has 1 heterocycles. The summed E-state index contributed by atoms with van der Waals surface area (Å²) in [5.74, 6) is 1.75. The highest BCUT2D eigenvalue weighted by molar-refractivity contribution is 5.94. The summed E-state index contributed by atoms with van der Waals surface area (Å²) < 4.78 is 7.56. The third-order valence-corrected chi connectivity index (χ3v) is 6.03. The van der Waals surface area contributed by atoms with Crippen LogP contribution in [0, 0.1) is 0 Å². The quantitative estimate of drug-likeness (QED) is 0.317. The van der Waals surface area contributed by atoms with Crippen molar-refractivity contribution < 1.29 is 9.53 Å². The number of hydrogen-bond acceptors (Lipinski definition) is 3. The molecule has 4 rings (SSSR count). The second-order valence-corrected chi connectivity index (χ2v) is 8.27. The van der Waals surface area contributed by atoms with Gasteiger partial charge in [0.05, 0.1) is 24.2 Å². The van der Waals surface area contributed by atoms with E-state index in [9.17, 15) is 4.79 Å². The number of amides is 1. The first-order chi connectivity index (χ1) is 16.2. The molecule has 0 radical (unpaired) electrons. The van der Waals surface area contributed by atoms with Gasteiger partial charge < -0.3 is 14.6 Å². The first-order valence-electron chi connectivity index (χ1n) is 11.6. The van der Waals surface area contributed by atoms with Gasteiger partial charge in [0, 0.05) is 18.5 Å². The lowest BCUT2D eigenvalue weighted by atomic mass is 10.1. The Bertz CT molecular complexity index is 1200. The Kier molecular flexibility index (Phi) is 7.40. The van der Waals surface area contributed by atoms with Crippen LogP contribution in [-0.4, -0.2) is 29.1 Å². The summed E-state index contributed by atoms with van der Waals surface area (Å²) >= 11 is 0. The standard InChI is InChI=1S/C28H31N3O2/c1-21(22-12-5-3-6-13-22)31-26-17-9-8-16-25(26)30-27(31)18-7-4-10-19-29-28(32)23-14-11-15-24(20-23)33-2/h3,5-6,8-9,11-17,20-21H,4,7,10,18-19H2,1-2H3,(H,29,32). The number of methoxy groups -OCH3 is 1. The van der Waals surface area contributed by atoms with Gasteiger partial charge in [0.25, 0.3) is 5.91 Å². The van der Waals surface area contributed by atoms with E-state index in [1.165, 1.54) is 11.1 Å². The van der Waals surface area contributed by atoms with Gasteiger partial charge in [-0.25, -0.2) is 4.98 Å². The fourth-order valence-electron chi connectivity index (χ4n) is 4.24. The average molecular weight is 442 g/mol. The molecule has 1 atom stereocenters. The number of carbonyl (C=O) groups is 1. The molecule has 170 valence electrons. The molecule has 3 aromatic carbocycles. The van der Waals surface area contributed by atoms with E-state index >= 15 is 0 Å². The zero-order chi connectivity index (χ0) is 23.0. The lowest BCUT2D eigenvalue weighted by Crippen LogP contribution is -2.24. The molecule has 0 spiro atoms. The van der Waals surface area contributed by atoms with Gasteiger partial charge in [0.2, 0.25) is 0 Å². The maximum absolute atomic E-state index is 12.3. The van der Waals surface area contributed by atoms with Crippen LogP contribution < -0.4 is 10.1 Å². The van der Waals surface area contributed by atoms with Gasteiger partial charge >= 0.3 is 0 Å². The third-order valence-electron chi connectivity index (χ3n) is 6.03. The summed E-state index contributed by atoms with van der Waals surface area (Å²) in [6, 6.07) is 26.4. The molecule has 0 saturated heterocycles. The fraction of sp³-hybridized carbons (Fsp3) is 0.286. The Balaban J connectivity index is 1.33. The number of carbonyl (C=O) groups excluding carboxylic acids is 1. The SMILES string of the molecule is COc1cccc(C(=O)NCCCCCc2nc3ccccc3n2C(C)c2ccccc2)c1. The highest BCUT2D eigenvalue weighted by atomic mass is 16.5. The number of nitrogens with one attached hydrogen (secondary N) is 1. The van der Waals surface area contributed by atoms with Crippen LogP contribution in [0.3, 0.4) is 0 Å². The van der Waals surface area contributed by atoms with Crippen molar-refractivity contribution in [2.75, 3.05) is 13.7 Å². The number of benzene rings is 3. The smallest absolute Gasteiger partial charge is 0.251 e. The van der Waals surface area contributed by atoms with Crippen LogP contribution in [0.2, 0.25) is 0 Å². The molecule has 1 unspecified atom stereocenters. The van der Waals surface area contributed by atoms with E-state index in [2.05, 4.69) is 65.3 Å². The lowest BCUT2D eigenvalue weighted by Gasteiger charge is -2.18. The molecule has 0 aliphatic carbocycles. The minimum atomic E-state index is -0.0626. The van der Waals surface area contributed by atoms with Gasteiger partial charge in [-0.15, -0.1) is 0 Å². The summed E-state index contributed by atoms with van der Waals surface area (Å²) in [6.07, 6.45) is 3.90. The summed E-state index contributed by atoms with van der Waals surface area (Å²) in [5, 5.41) is 3.01. The summed E-state index contributed by atoms with van der Waals surface area (Å²) in [4.78, 5) is 17.3. The van der Waals surface area contributed by atoms with Crippen LogP contribution in [0.1, 0.15) is 54.0 Å². The summed E-state index contributed by atoms with van der Waals surface area (Å²) in [6.45, 7) is 2.90. The number of para-hydroxylation sites is 2. The third kappa shape index (κ3) is 5.43. The van der Waals surface area contributed by atoms with Gasteiger partial charge in [0.1, 0.15) is 11.6 Å². The van der Waals surface area contributed by atoms with E-state index in [4.69, 9.17) is 9.72 Å². The van der Waals surface area contributed by atoms with Crippen molar-refractivity contribution in [3.05, 3.63) is 95.8 Å². The maximum Gasteiger partial charge on any atom is 0.251 e. The Morgan fingerprint density at radius 1 is 0.970 bits per heavy atom. The van der Waals surface area contributed by atoms with E-state index < -0.39 is 0 Å². The Labute approximate surface area is 195 Å². The van der Waals surface area contributed by atoms with Gasteiger partial charge in [-0.1, -0.05) is 55.0 Å². The lowest BCUT2D eigenvalue weighted by molar-refractivity contribution is 0.0952. The van der Waals surface area contributed by atoms with Crippen LogP contribution in [0.15, 0.2) is 78.9 Å². The number of ether oxygens (including phenoxy) is 1. The van der Waals surface area contributed by atoms with Gasteiger partial charge in [-0.3, -0.25) is 4.79 Å². The molecule has 5 heteroatoms. The van der Waals surface area contributed by atoms with Crippen molar-refractivity contribution in [1.82, 2.24) is 14.9 Å². The predicted molar refractivity (Wildman–Crippen MR) is 133 cm³/mol. The Hall–Kier alpha value is -3.60. The molecule has 1 aromatic heterocycles. The fourth-order valence-corrected chi connectivity index (χ4v) is 4.24. The number of nitrogens with zero attached hydrogens (tertiary/aromatic N) is 2. The molecule has 0 saturated carbocycles. The number of hydrogen-bond donors (Lipinski definition) is 1. The highest BCUT2D eigenvalue weighted by Gasteiger charge is 2.16. The molecular weight excluding hydrogens is 410 g/mol. The Morgan fingerprint density at radius 2 is 1.76 bits per heavy atom. The van der Waals surface area contributed by atoms with Crippen molar-refractivity contribution in [3.63, 3.8) is 0 Å². The number of aryl methyl sites for hydroxylation is 1. The number of unbranched alkanes of at least 4 members (excludes halogenated alkanes) is 2. The van der Waals surface area contributed by atoms with Crippen LogP contribution >= 0.6 is 0 Å². The largest absolute Gasteiger partial charge is 0.497 e. The van der Waals surface area contributed by atoms with E-state index in [0.717, 1.165) is 37.0 Å². The summed E-state index contributed by atoms with van der Waals surface area (Å²) in [5.41, 5.74) is 4.12. The van der Waals surface area contributed by atoms with Crippen molar-refractivity contribution in [1.29, 1.82) is 0 Å². The van der Waals surface area contributed by atoms with Crippen LogP contribution in [-0.2, 0) is 6.42 Å². The van der Waals surface area contributed by atoms with Crippen molar-refractivity contribution in [2.45, 2.75) is 38.6 Å². The molecule has 0 aliphatic rings. The second kappa shape index (κ2) is 10.8. The minimum Gasteiger partial charge on any atom is -0.497 e. The first-order valence-corrected chi connectivity index (χ1v) is 11.6. The molecule has 1 amide bonds. The van der Waals surface area contributed by atoms with E-state index in [0.29, 0.717) is 17.9 Å². The molecular formula is C28H31N3O2. The molecule has 5 nitrogen and oxygen atoms in total. The van der Waals surface area contributed by atoms with E-state index in [1.807, 2.05) is 18.2 Å². The molecule has 33 heavy (non-hydrogen) atoms. The average Bonchev–Trinajstić information content (AvgIpc) is 3.24. The molecule has 1 N–H and O–H groups in total. The topological polar surface area (TPSA) is 56.1 Å². The van der Waals surface area contributed by atoms with Crippen LogP contribution in [0.4, 0.5) is 0 Å². The first kappa shape index (κ1) is 22.6. The highest BCUT2D eigenvalue weighted by Crippen LogP contribution is 2.27. The number of aromatic nitrogens is 2. The number of imidazole rings is 1. The van der Waals surface area contributed by atoms with Gasteiger partial charge in [-0.05, 0) is 55.7 Å². The molecule has 0 bridgehead atoms. The molecule has 4 aromatic rings. The normalized spacial score (nSPS) is 11.9. The van der Waals surface area contributed by atoms with E-state index in [1.54, 1.807) is 19.2 Å². The monoisotopic (exact) mass is 441 g/mol. The van der Waals surface area contributed by atoms with Crippen molar-refractivity contribution in [3.8, 4) is 5.75 Å². The van der Waals surface area contributed by atoms with Crippen molar-refractivity contribution in [2.24, 2.45) is 0 Å². The number of rotatable bonds is 10. The Morgan fingerprint density at radius 3 is 2.58 bits per heavy atom. The zero-order valence-corrected chi connectivity index (χ0v) is 19.3. The van der Waals surface area contributed by atoms with Crippen LogP contribution in [0.5, 0.6) is 5.75 Å². The second-order valence-electron chi connectivity index (χ2n) is 8.27. The van der Waals surface area contributed by atoms with E-state index in [-0.39, 0.29) is 11.9 Å². The van der Waals surface area contributed by atoms with Crippen LogP contribution in [0.25, 0.3) is 11.0 Å². The minimum absolute atomic E-state index is 0.0626. The maximum atomic E-state index is 12.3. The molecule has 0 aliphatic heterocycles. The zero-order valence-electron chi connectivity index (χ0n) is 19.3. The summed E-state index contributed by atoms with van der Waals surface area (Å²) in [7, 11) is 1.60. The number of fused-ring (bicyclic) bond motifs is 1. The van der Waals surface area contributed by atoms with Crippen molar-refractivity contribution >= 4 is 16.9 Å². The van der Waals surface area contributed by atoms with Gasteiger partial charge in [0.15, 0.2) is 0 Å².